The number of fused-ring (bicyclic) bond motifs is 1. The lowest BCUT2D eigenvalue weighted by atomic mass is 10.2. The number of thiophene rings is 1. The molecule has 4 nitrogen and oxygen atoms in total. The van der Waals surface area contributed by atoms with Gasteiger partial charge in [0, 0.05) is 17.0 Å². The molecule has 24 heavy (non-hydrogen) atoms. The van der Waals surface area contributed by atoms with Crippen LogP contribution in [0.4, 0.5) is 5.69 Å². The van der Waals surface area contributed by atoms with E-state index in [1.165, 1.54) is 11.3 Å². The van der Waals surface area contributed by atoms with Crippen molar-refractivity contribution in [1.29, 1.82) is 0 Å². The van der Waals surface area contributed by atoms with E-state index in [0.29, 0.717) is 26.5 Å². The second-order valence-electron chi connectivity index (χ2n) is 6.07. The molecule has 0 atom stereocenters. The molecule has 0 fully saturated rings. The van der Waals surface area contributed by atoms with Crippen LogP contribution in [0.1, 0.15) is 29.2 Å². The van der Waals surface area contributed by atoms with Crippen LogP contribution in [0.15, 0.2) is 24.3 Å². The highest BCUT2D eigenvalue weighted by Gasteiger charge is 2.17. The molecule has 2 aromatic heterocycles. The van der Waals surface area contributed by atoms with Gasteiger partial charge in [-0.05, 0) is 37.1 Å². The Labute approximate surface area is 154 Å². The molecule has 0 aliphatic rings. The highest BCUT2D eigenvalue weighted by atomic mass is 35.5. The van der Waals surface area contributed by atoms with Gasteiger partial charge in [0.15, 0.2) is 0 Å². The van der Waals surface area contributed by atoms with Crippen molar-refractivity contribution in [3.63, 3.8) is 0 Å². The molecule has 1 amide bonds. The molecule has 7 heteroatoms. The fourth-order valence-corrected chi connectivity index (χ4v) is 3.99. The van der Waals surface area contributed by atoms with Crippen LogP contribution in [0.5, 0.6) is 0 Å². The zero-order valence-corrected chi connectivity index (χ0v) is 15.9. The van der Waals surface area contributed by atoms with E-state index in [9.17, 15) is 4.79 Å². The van der Waals surface area contributed by atoms with Gasteiger partial charge in [-0.3, -0.25) is 9.48 Å². The van der Waals surface area contributed by atoms with Gasteiger partial charge >= 0.3 is 0 Å². The first kappa shape index (κ1) is 17.3. The van der Waals surface area contributed by atoms with E-state index < -0.39 is 0 Å². The van der Waals surface area contributed by atoms with Crippen molar-refractivity contribution in [2.45, 2.75) is 27.3 Å². The van der Waals surface area contributed by atoms with Crippen LogP contribution in [-0.4, -0.2) is 15.7 Å². The molecule has 1 N–H and O–H groups in total. The van der Waals surface area contributed by atoms with Gasteiger partial charge in [-0.2, -0.15) is 5.10 Å². The number of hydrogen-bond acceptors (Lipinski definition) is 3. The van der Waals surface area contributed by atoms with Crippen molar-refractivity contribution in [3.8, 4) is 0 Å². The molecular formula is C17H17Cl2N3OS. The van der Waals surface area contributed by atoms with Crippen LogP contribution in [-0.2, 0) is 6.54 Å². The summed E-state index contributed by atoms with van der Waals surface area (Å²) in [7, 11) is 0. The van der Waals surface area contributed by atoms with Gasteiger partial charge in [-0.15, -0.1) is 11.3 Å². The van der Waals surface area contributed by atoms with Crippen LogP contribution in [0.2, 0.25) is 10.0 Å². The van der Waals surface area contributed by atoms with Crippen molar-refractivity contribution in [1.82, 2.24) is 9.78 Å². The van der Waals surface area contributed by atoms with Crippen LogP contribution in [0.3, 0.4) is 0 Å². The molecule has 0 radical (unpaired) electrons. The molecule has 1 aromatic carbocycles. The number of carbonyl (C=O) groups excluding carboxylic acids is 1. The summed E-state index contributed by atoms with van der Waals surface area (Å²) in [5, 5.41) is 9.36. The number of aromatic nitrogens is 2. The number of benzene rings is 1. The Hall–Kier alpha value is -1.56. The molecule has 0 saturated carbocycles. The number of hydrogen-bond donors (Lipinski definition) is 1. The average Bonchev–Trinajstić information content (AvgIpc) is 3.04. The van der Waals surface area contributed by atoms with Gasteiger partial charge < -0.3 is 5.32 Å². The standard InChI is InChI=1S/C17H17Cl2N3OS/c1-9(2)8-22-17-12(10(3)21-22)7-15(24-17)16(23)20-14-5-4-11(18)6-13(14)19/h4-7,9H,8H2,1-3H3,(H,20,23). The van der Waals surface area contributed by atoms with Crippen molar-refractivity contribution in [2.75, 3.05) is 5.32 Å². The Kier molecular flexibility index (Phi) is 4.85. The minimum atomic E-state index is -0.184. The number of anilines is 1. The molecule has 0 spiro atoms. The molecule has 0 aliphatic carbocycles. The lowest BCUT2D eigenvalue weighted by Gasteiger charge is -2.06. The Morgan fingerprint density at radius 2 is 2.08 bits per heavy atom. The van der Waals surface area contributed by atoms with E-state index in [0.717, 1.165) is 22.5 Å². The average molecular weight is 382 g/mol. The third-order valence-electron chi connectivity index (χ3n) is 3.55. The molecule has 3 aromatic rings. The smallest absolute Gasteiger partial charge is 0.265 e. The highest BCUT2D eigenvalue weighted by Crippen LogP contribution is 2.31. The van der Waals surface area contributed by atoms with E-state index in [-0.39, 0.29) is 5.91 Å². The van der Waals surface area contributed by atoms with Crippen LogP contribution < -0.4 is 5.32 Å². The first-order valence-electron chi connectivity index (χ1n) is 7.58. The fourth-order valence-electron chi connectivity index (χ4n) is 2.47. The summed E-state index contributed by atoms with van der Waals surface area (Å²) in [6.45, 7) is 7.08. The lowest BCUT2D eigenvalue weighted by Crippen LogP contribution is -2.10. The Morgan fingerprint density at radius 1 is 1.33 bits per heavy atom. The summed E-state index contributed by atoms with van der Waals surface area (Å²) in [4.78, 5) is 14.2. The van der Waals surface area contributed by atoms with Crippen LogP contribution >= 0.6 is 34.5 Å². The molecule has 0 unspecified atom stereocenters. The fraction of sp³-hybridized carbons (Fsp3) is 0.294. The van der Waals surface area contributed by atoms with Crippen LogP contribution in [0, 0.1) is 12.8 Å². The summed E-state index contributed by atoms with van der Waals surface area (Å²) in [5.74, 6) is 0.302. The number of nitrogens with one attached hydrogen (secondary N) is 1. The number of amides is 1. The molecule has 2 heterocycles. The van der Waals surface area contributed by atoms with E-state index >= 15 is 0 Å². The molecule has 0 aliphatic heterocycles. The number of halogens is 2. The quantitative estimate of drug-likeness (QED) is 0.637. The predicted octanol–water partition coefficient (Wildman–Crippen LogP) is 5.62. The second kappa shape index (κ2) is 6.75. The normalized spacial score (nSPS) is 11.4. The Bertz CT molecular complexity index is 914. The largest absolute Gasteiger partial charge is 0.320 e. The topological polar surface area (TPSA) is 46.9 Å². The minimum Gasteiger partial charge on any atom is -0.320 e. The van der Waals surface area contributed by atoms with Crippen molar-refractivity contribution < 1.29 is 4.79 Å². The Morgan fingerprint density at radius 3 is 2.75 bits per heavy atom. The maximum atomic E-state index is 12.5. The summed E-state index contributed by atoms with van der Waals surface area (Å²) in [5.41, 5.74) is 1.48. The number of rotatable bonds is 4. The molecule has 3 rings (SSSR count). The molecule has 126 valence electrons. The summed E-state index contributed by atoms with van der Waals surface area (Å²) < 4.78 is 1.98. The number of aryl methyl sites for hydroxylation is 1. The predicted molar refractivity (Wildman–Crippen MR) is 102 cm³/mol. The van der Waals surface area contributed by atoms with Crippen molar-refractivity contribution in [3.05, 3.63) is 44.9 Å². The van der Waals surface area contributed by atoms with Crippen molar-refractivity contribution in [2.24, 2.45) is 5.92 Å². The van der Waals surface area contributed by atoms with Gasteiger partial charge in [-0.25, -0.2) is 0 Å². The third kappa shape index (κ3) is 3.43. The van der Waals surface area contributed by atoms with Crippen molar-refractivity contribution >= 4 is 56.3 Å². The third-order valence-corrected chi connectivity index (χ3v) is 5.24. The first-order valence-corrected chi connectivity index (χ1v) is 9.15. The van der Waals surface area contributed by atoms with Gasteiger partial charge in [-0.1, -0.05) is 37.0 Å². The van der Waals surface area contributed by atoms with Gasteiger partial charge in [0.1, 0.15) is 4.83 Å². The zero-order valence-electron chi connectivity index (χ0n) is 13.6. The van der Waals surface area contributed by atoms with Gasteiger partial charge in [0.05, 0.1) is 21.3 Å². The maximum Gasteiger partial charge on any atom is 0.265 e. The van der Waals surface area contributed by atoms with E-state index in [1.54, 1.807) is 18.2 Å². The first-order chi connectivity index (χ1) is 11.3. The summed E-state index contributed by atoms with van der Waals surface area (Å²) in [6, 6.07) is 6.88. The lowest BCUT2D eigenvalue weighted by molar-refractivity contribution is 0.103. The minimum absolute atomic E-state index is 0.184. The molecule has 0 saturated heterocycles. The molecule has 0 bridgehead atoms. The number of carbonyl (C=O) groups is 1. The summed E-state index contributed by atoms with van der Waals surface area (Å²) in [6.07, 6.45) is 0. The van der Waals surface area contributed by atoms with E-state index in [4.69, 9.17) is 23.2 Å². The second-order valence-corrected chi connectivity index (χ2v) is 7.94. The van der Waals surface area contributed by atoms with Crippen LogP contribution in [0.25, 0.3) is 10.2 Å². The molecular weight excluding hydrogens is 365 g/mol. The van der Waals surface area contributed by atoms with Gasteiger partial charge in [0.2, 0.25) is 0 Å². The number of nitrogens with zero attached hydrogens (tertiary/aromatic N) is 2. The maximum absolute atomic E-state index is 12.5. The Balaban J connectivity index is 1.90. The van der Waals surface area contributed by atoms with E-state index in [2.05, 4.69) is 24.3 Å². The van der Waals surface area contributed by atoms with Gasteiger partial charge in [0.25, 0.3) is 5.91 Å². The SMILES string of the molecule is Cc1nn(CC(C)C)c2sc(C(=O)Nc3ccc(Cl)cc3Cl)cc12. The highest BCUT2D eigenvalue weighted by molar-refractivity contribution is 7.20. The van der Waals surface area contributed by atoms with E-state index in [1.807, 2.05) is 17.7 Å². The summed E-state index contributed by atoms with van der Waals surface area (Å²) >= 11 is 13.4. The monoisotopic (exact) mass is 381 g/mol. The zero-order chi connectivity index (χ0) is 17.4.